The lowest BCUT2D eigenvalue weighted by molar-refractivity contribution is 0.120. The van der Waals surface area contributed by atoms with Crippen LogP contribution in [0.1, 0.15) is 18.7 Å². The summed E-state index contributed by atoms with van der Waals surface area (Å²) in [6.45, 7) is 1.64. The van der Waals surface area contributed by atoms with E-state index in [0.29, 0.717) is 17.4 Å². The molecule has 0 spiro atoms. The summed E-state index contributed by atoms with van der Waals surface area (Å²) in [6.07, 6.45) is 2.53. The van der Waals surface area contributed by atoms with Crippen LogP contribution < -0.4 is 11.1 Å². The second-order valence-electron chi connectivity index (χ2n) is 5.72. The van der Waals surface area contributed by atoms with Crippen molar-refractivity contribution in [3.8, 4) is 0 Å². The number of nitrogens with zero attached hydrogens (tertiary/aromatic N) is 4. The van der Waals surface area contributed by atoms with Gasteiger partial charge in [-0.1, -0.05) is 35.2 Å². The number of nitrogen functional groups attached to an aromatic ring is 1. The molecule has 0 amide bonds. The highest BCUT2D eigenvalue weighted by atomic mass is 32.2. The van der Waals surface area contributed by atoms with Crippen LogP contribution in [0.4, 0.5) is 10.9 Å². The Morgan fingerprint density at radius 1 is 1.28 bits per heavy atom. The third-order valence-corrected chi connectivity index (χ3v) is 5.93. The largest absolute Gasteiger partial charge is 0.383 e. The third kappa shape index (κ3) is 4.00. The molecule has 2 aromatic heterocycles. The predicted octanol–water partition coefficient (Wildman–Crippen LogP) is 2.95. The third-order valence-electron chi connectivity index (χ3n) is 3.92. The zero-order chi connectivity index (χ0) is 17.1. The van der Waals surface area contributed by atoms with E-state index in [0.717, 1.165) is 46.4 Å². The maximum Gasteiger partial charge on any atom is 0.206 e. The molecular weight excluding hydrogens is 356 g/mol. The summed E-state index contributed by atoms with van der Waals surface area (Å²) in [7, 11) is 0. The van der Waals surface area contributed by atoms with Crippen LogP contribution in [0, 0.1) is 0 Å². The molecule has 0 aliphatic carbocycles. The van der Waals surface area contributed by atoms with Crippen LogP contribution in [-0.4, -0.2) is 39.4 Å². The summed E-state index contributed by atoms with van der Waals surface area (Å²) in [5.74, 6) is 1.82. The van der Waals surface area contributed by atoms with Crippen molar-refractivity contribution in [3.05, 3.63) is 30.1 Å². The molecule has 130 valence electrons. The Morgan fingerprint density at radius 3 is 3.08 bits per heavy atom. The first-order chi connectivity index (χ1) is 12.3. The van der Waals surface area contributed by atoms with E-state index >= 15 is 0 Å². The highest BCUT2D eigenvalue weighted by Gasteiger charge is 2.16. The summed E-state index contributed by atoms with van der Waals surface area (Å²) in [5.41, 5.74) is 6.88. The Balaban J connectivity index is 1.36. The van der Waals surface area contributed by atoms with Gasteiger partial charge >= 0.3 is 0 Å². The number of benzene rings is 1. The minimum atomic E-state index is 0.286. The monoisotopic (exact) mass is 374 g/mol. The molecule has 1 aromatic carbocycles. The second-order valence-corrected chi connectivity index (χ2v) is 7.92. The summed E-state index contributed by atoms with van der Waals surface area (Å²) < 4.78 is 6.47. The minimum absolute atomic E-state index is 0.286. The summed E-state index contributed by atoms with van der Waals surface area (Å²) >= 11 is 3.09. The molecular formula is C16H18N6OS2. The van der Waals surface area contributed by atoms with Crippen molar-refractivity contribution < 1.29 is 4.74 Å². The van der Waals surface area contributed by atoms with Gasteiger partial charge in [-0.15, -0.1) is 10.2 Å². The molecule has 4 rings (SSSR count). The molecule has 0 radical (unpaired) electrons. The first kappa shape index (κ1) is 16.5. The van der Waals surface area contributed by atoms with Crippen molar-refractivity contribution in [2.24, 2.45) is 0 Å². The topological polar surface area (TPSA) is 98.8 Å². The average Bonchev–Trinajstić information content (AvgIpc) is 3.30. The zero-order valence-electron chi connectivity index (χ0n) is 13.5. The highest BCUT2D eigenvalue weighted by molar-refractivity contribution is 8.00. The van der Waals surface area contributed by atoms with Crippen molar-refractivity contribution in [1.29, 1.82) is 0 Å². The molecule has 0 saturated carbocycles. The molecule has 1 aliphatic heterocycles. The van der Waals surface area contributed by atoms with Gasteiger partial charge in [0.25, 0.3) is 0 Å². The van der Waals surface area contributed by atoms with Crippen LogP contribution in [-0.2, 0) is 10.5 Å². The van der Waals surface area contributed by atoms with Gasteiger partial charge in [-0.25, -0.2) is 9.97 Å². The van der Waals surface area contributed by atoms with Gasteiger partial charge in [0.05, 0.1) is 17.4 Å². The number of hydrogen-bond acceptors (Lipinski definition) is 9. The fourth-order valence-electron chi connectivity index (χ4n) is 2.69. The fraction of sp³-hybridized carbons (Fsp3) is 0.375. The molecule has 7 nitrogen and oxygen atoms in total. The van der Waals surface area contributed by atoms with Gasteiger partial charge in [0.15, 0.2) is 4.34 Å². The average molecular weight is 374 g/mol. The lowest BCUT2D eigenvalue weighted by Gasteiger charge is -2.08. The highest BCUT2D eigenvalue weighted by Crippen LogP contribution is 2.28. The standard InChI is InChI=1S/C16H18N6OS2/c17-14-11-5-1-2-6-12(11)19-13(20-14)9-24-16-22-21-15(25-16)18-8-10-4-3-7-23-10/h1-2,5-6,10H,3-4,7-9H2,(H,18,21)(H2,17,19,20). The quantitative estimate of drug-likeness (QED) is 0.636. The Hall–Kier alpha value is -1.97. The van der Waals surface area contributed by atoms with Crippen molar-refractivity contribution >= 4 is 45.0 Å². The SMILES string of the molecule is Nc1nc(CSc2nnc(NCC3CCCO3)s2)nc2ccccc12. The Morgan fingerprint density at radius 2 is 2.20 bits per heavy atom. The van der Waals surface area contributed by atoms with E-state index in [4.69, 9.17) is 10.5 Å². The number of ether oxygens (including phenoxy) is 1. The van der Waals surface area contributed by atoms with E-state index in [2.05, 4.69) is 25.5 Å². The van der Waals surface area contributed by atoms with E-state index in [-0.39, 0.29) is 6.10 Å². The number of rotatable bonds is 6. The van der Waals surface area contributed by atoms with E-state index < -0.39 is 0 Å². The maximum absolute atomic E-state index is 6.02. The molecule has 3 N–H and O–H groups in total. The summed E-state index contributed by atoms with van der Waals surface area (Å²) in [6, 6.07) is 7.75. The molecule has 1 unspecified atom stereocenters. The number of nitrogens with one attached hydrogen (secondary N) is 1. The Labute approximate surface area is 153 Å². The van der Waals surface area contributed by atoms with Crippen LogP contribution in [0.3, 0.4) is 0 Å². The molecule has 3 heterocycles. The smallest absolute Gasteiger partial charge is 0.206 e. The first-order valence-electron chi connectivity index (χ1n) is 8.11. The van der Waals surface area contributed by atoms with E-state index in [9.17, 15) is 0 Å². The van der Waals surface area contributed by atoms with Crippen LogP contribution in [0.25, 0.3) is 10.9 Å². The first-order valence-corrected chi connectivity index (χ1v) is 9.91. The van der Waals surface area contributed by atoms with E-state index in [1.807, 2.05) is 24.3 Å². The maximum atomic E-state index is 6.02. The van der Waals surface area contributed by atoms with Crippen LogP contribution >= 0.6 is 23.1 Å². The Kier molecular flexibility index (Phi) is 4.95. The summed E-state index contributed by atoms with van der Waals surface area (Å²) in [4.78, 5) is 8.94. The van der Waals surface area contributed by atoms with Crippen molar-refractivity contribution in [2.75, 3.05) is 24.2 Å². The number of anilines is 2. The van der Waals surface area contributed by atoms with Gasteiger partial charge in [-0.05, 0) is 25.0 Å². The van der Waals surface area contributed by atoms with Gasteiger partial charge in [-0.2, -0.15) is 0 Å². The number of aromatic nitrogens is 4. The number of nitrogens with two attached hydrogens (primary N) is 1. The van der Waals surface area contributed by atoms with Gasteiger partial charge in [-0.3, -0.25) is 0 Å². The number of fused-ring (bicyclic) bond motifs is 1. The number of para-hydroxylation sites is 1. The number of thioether (sulfide) groups is 1. The Bertz CT molecular complexity index is 865. The van der Waals surface area contributed by atoms with Gasteiger partial charge in [0.1, 0.15) is 11.6 Å². The molecule has 0 bridgehead atoms. The normalized spacial score (nSPS) is 17.2. The minimum Gasteiger partial charge on any atom is -0.383 e. The van der Waals surface area contributed by atoms with Crippen LogP contribution in [0.2, 0.25) is 0 Å². The molecule has 1 saturated heterocycles. The van der Waals surface area contributed by atoms with E-state index in [1.165, 1.54) is 11.3 Å². The van der Waals surface area contributed by atoms with Gasteiger partial charge in [0, 0.05) is 18.5 Å². The van der Waals surface area contributed by atoms with Crippen molar-refractivity contribution in [3.63, 3.8) is 0 Å². The molecule has 1 aliphatic rings. The van der Waals surface area contributed by atoms with Crippen LogP contribution in [0.15, 0.2) is 28.6 Å². The van der Waals surface area contributed by atoms with E-state index in [1.54, 1.807) is 11.8 Å². The molecule has 25 heavy (non-hydrogen) atoms. The lowest BCUT2D eigenvalue weighted by Crippen LogP contribution is -2.18. The van der Waals surface area contributed by atoms with Crippen molar-refractivity contribution in [1.82, 2.24) is 20.2 Å². The second kappa shape index (κ2) is 7.51. The predicted molar refractivity (Wildman–Crippen MR) is 101 cm³/mol. The van der Waals surface area contributed by atoms with Crippen molar-refractivity contribution in [2.45, 2.75) is 29.0 Å². The lowest BCUT2D eigenvalue weighted by atomic mass is 10.2. The zero-order valence-corrected chi connectivity index (χ0v) is 15.1. The van der Waals surface area contributed by atoms with Crippen LogP contribution in [0.5, 0.6) is 0 Å². The number of hydrogen-bond donors (Lipinski definition) is 2. The van der Waals surface area contributed by atoms with Gasteiger partial charge < -0.3 is 15.8 Å². The summed E-state index contributed by atoms with van der Waals surface area (Å²) in [5, 5.41) is 13.4. The molecule has 1 atom stereocenters. The van der Waals surface area contributed by atoms with Gasteiger partial charge in [0.2, 0.25) is 5.13 Å². The fourth-order valence-corrected chi connectivity index (χ4v) is 4.30. The molecule has 1 fully saturated rings. The molecule has 9 heteroatoms. The molecule has 3 aromatic rings.